The van der Waals surface area contributed by atoms with E-state index in [-0.39, 0.29) is 24.0 Å². The number of carbonyl (C=O) groups is 2. The van der Waals surface area contributed by atoms with Gasteiger partial charge in [0.2, 0.25) is 5.91 Å². The molecule has 1 saturated carbocycles. The second-order valence-electron chi connectivity index (χ2n) is 10.3. The van der Waals surface area contributed by atoms with Gasteiger partial charge >= 0.3 is 0 Å². The van der Waals surface area contributed by atoms with Crippen molar-refractivity contribution in [3.63, 3.8) is 0 Å². The van der Waals surface area contributed by atoms with Crippen LogP contribution in [0.1, 0.15) is 76.7 Å². The van der Waals surface area contributed by atoms with E-state index in [1.807, 2.05) is 58.0 Å². The Morgan fingerprint density at radius 2 is 1.92 bits per heavy atom. The first-order valence-corrected chi connectivity index (χ1v) is 13.4. The third kappa shape index (κ3) is 5.75. The number of rotatable bonds is 10. The van der Waals surface area contributed by atoms with Crippen LogP contribution < -0.4 is 10.1 Å². The van der Waals surface area contributed by atoms with Gasteiger partial charge in [0.25, 0.3) is 5.91 Å². The Kier molecular flexibility index (Phi) is 8.34. The van der Waals surface area contributed by atoms with Crippen LogP contribution >= 0.6 is 0 Å². The SMILES string of the molecule is CCOc1ccc(-c2cc3n(n2)C[C@@](C)(C(=O)NC2CCCCC2)N(CCCOC(C)C)C3=O)cc1. The van der Waals surface area contributed by atoms with E-state index in [0.717, 1.165) is 37.0 Å². The fourth-order valence-corrected chi connectivity index (χ4v) is 5.15. The Hall–Kier alpha value is -2.87. The molecule has 1 atom stereocenters. The molecule has 1 aromatic heterocycles. The number of benzene rings is 1. The van der Waals surface area contributed by atoms with Crippen molar-refractivity contribution in [1.29, 1.82) is 0 Å². The Morgan fingerprint density at radius 1 is 1.19 bits per heavy atom. The van der Waals surface area contributed by atoms with E-state index >= 15 is 0 Å². The van der Waals surface area contributed by atoms with Crippen molar-refractivity contribution in [3.05, 3.63) is 36.0 Å². The average molecular weight is 497 g/mol. The van der Waals surface area contributed by atoms with Crippen molar-refractivity contribution >= 4 is 11.8 Å². The highest BCUT2D eigenvalue weighted by Crippen LogP contribution is 2.31. The van der Waals surface area contributed by atoms with Gasteiger partial charge in [0.15, 0.2) is 0 Å². The molecule has 1 fully saturated rings. The highest BCUT2D eigenvalue weighted by Gasteiger charge is 2.48. The summed E-state index contributed by atoms with van der Waals surface area (Å²) in [5.41, 5.74) is 1.09. The third-order valence-electron chi connectivity index (χ3n) is 7.17. The molecule has 1 aliphatic heterocycles. The zero-order chi connectivity index (χ0) is 25.7. The van der Waals surface area contributed by atoms with Crippen LogP contribution in [0, 0.1) is 0 Å². The van der Waals surface area contributed by atoms with Gasteiger partial charge < -0.3 is 19.7 Å². The van der Waals surface area contributed by atoms with E-state index in [4.69, 9.17) is 14.6 Å². The Labute approximate surface area is 214 Å². The van der Waals surface area contributed by atoms with Gasteiger partial charge in [-0.2, -0.15) is 5.10 Å². The van der Waals surface area contributed by atoms with Gasteiger partial charge in [-0.05, 0) is 77.3 Å². The van der Waals surface area contributed by atoms with E-state index < -0.39 is 5.54 Å². The summed E-state index contributed by atoms with van der Waals surface area (Å²) in [5, 5.41) is 8.01. The smallest absolute Gasteiger partial charge is 0.273 e. The van der Waals surface area contributed by atoms with E-state index in [1.165, 1.54) is 6.42 Å². The second kappa shape index (κ2) is 11.5. The van der Waals surface area contributed by atoms with Crippen LogP contribution in [0.25, 0.3) is 11.3 Å². The number of aromatic nitrogens is 2. The highest BCUT2D eigenvalue weighted by molar-refractivity contribution is 6.00. The minimum absolute atomic E-state index is 0.101. The first-order valence-electron chi connectivity index (χ1n) is 13.4. The van der Waals surface area contributed by atoms with Crippen LogP contribution in [-0.2, 0) is 16.1 Å². The summed E-state index contributed by atoms with van der Waals surface area (Å²) >= 11 is 0. The molecule has 2 amide bonds. The fraction of sp³-hybridized carbons (Fsp3) is 0.607. The minimum atomic E-state index is -1.03. The molecule has 1 aliphatic carbocycles. The largest absolute Gasteiger partial charge is 0.494 e. The monoisotopic (exact) mass is 496 g/mol. The molecular weight excluding hydrogens is 456 g/mol. The van der Waals surface area contributed by atoms with E-state index in [1.54, 1.807) is 9.58 Å². The quantitative estimate of drug-likeness (QED) is 0.492. The van der Waals surface area contributed by atoms with Gasteiger partial charge in [0, 0.05) is 24.8 Å². The van der Waals surface area contributed by atoms with Crippen LogP contribution in [0.3, 0.4) is 0 Å². The topological polar surface area (TPSA) is 85.7 Å². The number of amides is 2. The van der Waals surface area contributed by atoms with E-state index in [2.05, 4.69) is 5.32 Å². The predicted octanol–water partition coefficient (Wildman–Crippen LogP) is 4.43. The molecular formula is C28H40N4O4. The molecule has 0 radical (unpaired) electrons. The molecule has 196 valence electrons. The molecule has 0 spiro atoms. The summed E-state index contributed by atoms with van der Waals surface area (Å²) in [6.45, 7) is 9.71. The van der Waals surface area contributed by atoms with E-state index in [9.17, 15) is 9.59 Å². The molecule has 1 N–H and O–H groups in total. The summed E-state index contributed by atoms with van der Waals surface area (Å²) < 4.78 is 13.0. The molecule has 2 aromatic rings. The molecule has 2 aliphatic rings. The normalized spacial score (nSPS) is 20.5. The summed E-state index contributed by atoms with van der Waals surface area (Å²) in [6, 6.07) is 9.69. The summed E-state index contributed by atoms with van der Waals surface area (Å²) in [4.78, 5) is 29.2. The lowest BCUT2D eigenvalue weighted by molar-refractivity contribution is -0.134. The number of hydrogen-bond donors (Lipinski definition) is 1. The highest BCUT2D eigenvalue weighted by atomic mass is 16.5. The fourth-order valence-electron chi connectivity index (χ4n) is 5.15. The lowest BCUT2D eigenvalue weighted by atomic mass is 9.91. The van der Waals surface area contributed by atoms with Gasteiger partial charge in [-0.1, -0.05) is 19.3 Å². The molecule has 0 saturated heterocycles. The maximum atomic E-state index is 13.8. The molecule has 0 bridgehead atoms. The maximum Gasteiger partial charge on any atom is 0.273 e. The maximum absolute atomic E-state index is 13.8. The Morgan fingerprint density at radius 3 is 2.58 bits per heavy atom. The molecule has 0 unspecified atom stereocenters. The van der Waals surface area contributed by atoms with Crippen molar-refractivity contribution in [3.8, 4) is 17.0 Å². The van der Waals surface area contributed by atoms with Crippen molar-refractivity contribution in [2.24, 2.45) is 0 Å². The van der Waals surface area contributed by atoms with Crippen LogP contribution in [0.15, 0.2) is 30.3 Å². The summed E-state index contributed by atoms with van der Waals surface area (Å²) in [7, 11) is 0. The number of carbonyl (C=O) groups excluding carboxylic acids is 2. The predicted molar refractivity (Wildman–Crippen MR) is 139 cm³/mol. The number of nitrogens with zero attached hydrogens (tertiary/aromatic N) is 3. The zero-order valence-corrected chi connectivity index (χ0v) is 22.1. The van der Waals surface area contributed by atoms with Crippen molar-refractivity contribution in [2.75, 3.05) is 19.8 Å². The Bertz CT molecular complexity index is 1040. The molecule has 4 rings (SSSR count). The molecule has 36 heavy (non-hydrogen) atoms. The summed E-state index contributed by atoms with van der Waals surface area (Å²) in [6.07, 6.45) is 6.25. The molecule has 8 heteroatoms. The van der Waals surface area contributed by atoms with Crippen LogP contribution in [-0.4, -0.2) is 63.9 Å². The van der Waals surface area contributed by atoms with Gasteiger partial charge in [-0.15, -0.1) is 0 Å². The van der Waals surface area contributed by atoms with Crippen molar-refractivity contribution < 1.29 is 19.1 Å². The van der Waals surface area contributed by atoms with Crippen LogP contribution in [0.5, 0.6) is 5.75 Å². The zero-order valence-electron chi connectivity index (χ0n) is 22.1. The van der Waals surface area contributed by atoms with Crippen molar-refractivity contribution in [2.45, 2.75) is 90.4 Å². The first-order chi connectivity index (χ1) is 17.3. The molecule has 1 aromatic carbocycles. The van der Waals surface area contributed by atoms with Gasteiger partial charge in [-0.25, -0.2) is 0 Å². The number of nitrogens with one attached hydrogen (secondary N) is 1. The summed E-state index contributed by atoms with van der Waals surface area (Å²) in [5.74, 6) is 0.524. The average Bonchev–Trinajstić information content (AvgIpc) is 3.28. The lowest BCUT2D eigenvalue weighted by Gasteiger charge is -2.44. The minimum Gasteiger partial charge on any atom is -0.494 e. The van der Waals surface area contributed by atoms with Crippen molar-refractivity contribution in [1.82, 2.24) is 20.0 Å². The lowest BCUT2D eigenvalue weighted by Crippen LogP contribution is -2.65. The van der Waals surface area contributed by atoms with Crippen LogP contribution in [0.2, 0.25) is 0 Å². The van der Waals surface area contributed by atoms with Gasteiger partial charge in [0.1, 0.15) is 17.0 Å². The van der Waals surface area contributed by atoms with Gasteiger partial charge in [0.05, 0.1) is 24.9 Å². The second-order valence-corrected chi connectivity index (χ2v) is 10.3. The standard InChI is InChI=1S/C28H40N4O4/c1-5-35-23-14-12-21(13-15-23)24-18-25-26(33)31(16-9-17-36-20(2)3)28(4,19-32(25)30-24)27(34)29-22-10-7-6-8-11-22/h12-15,18,20,22H,5-11,16-17,19H2,1-4H3,(H,29,34)/t28-/m0/s1. The van der Waals surface area contributed by atoms with Gasteiger partial charge in [-0.3, -0.25) is 14.3 Å². The first kappa shape index (κ1) is 26.2. The number of ether oxygens (including phenoxy) is 2. The molecule has 2 heterocycles. The number of hydrogen-bond acceptors (Lipinski definition) is 5. The Balaban J connectivity index is 1.59. The molecule has 8 nitrogen and oxygen atoms in total. The van der Waals surface area contributed by atoms with E-state index in [0.29, 0.717) is 44.1 Å². The number of fused-ring (bicyclic) bond motifs is 1. The van der Waals surface area contributed by atoms with Crippen LogP contribution in [0.4, 0.5) is 0 Å². The third-order valence-corrected chi connectivity index (χ3v) is 7.17.